The Bertz CT molecular complexity index is 514. The van der Waals surface area contributed by atoms with Crippen LogP contribution in [0.15, 0.2) is 30.3 Å². The predicted molar refractivity (Wildman–Crippen MR) is 74.5 cm³/mol. The molecule has 1 fully saturated rings. The molecule has 0 unspecified atom stereocenters. The molecule has 0 aromatic heterocycles. The van der Waals surface area contributed by atoms with Gasteiger partial charge in [0.15, 0.2) is 0 Å². The molecule has 1 aromatic carbocycles. The summed E-state index contributed by atoms with van der Waals surface area (Å²) in [6, 6.07) is 8.61. The van der Waals surface area contributed by atoms with Gasteiger partial charge in [0.25, 0.3) is 5.91 Å². The molecule has 0 spiro atoms. The van der Waals surface area contributed by atoms with Crippen molar-refractivity contribution in [1.82, 2.24) is 4.90 Å². The average Bonchev–Trinajstić information content (AvgIpc) is 2.46. The highest BCUT2D eigenvalue weighted by Crippen LogP contribution is 2.24. The minimum absolute atomic E-state index is 0. The molecule has 0 N–H and O–H groups in total. The van der Waals surface area contributed by atoms with Gasteiger partial charge in [-0.05, 0) is 25.0 Å². The number of piperidine rings is 1. The fraction of sp³-hybridized carbons (Fsp3) is 0.429. The van der Waals surface area contributed by atoms with Crippen LogP contribution in [0.5, 0.6) is 0 Å². The zero-order valence-corrected chi connectivity index (χ0v) is 12.3. The van der Waals surface area contributed by atoms with Gasteiger partial charge in [0, 0.05) is 18.7 Å². The Morgan fingerprint density at radius 2 is 1.64 bits per heavy atom. The highest BCUT2D eigenvalue weighted by atomic mass is 35.5. The van der Waals surface area contributed by atoms with Crippen LogP contribution in [0.2, 0.25) is 0 Å². The van der Waals surface area contributed by atoms with E-state index in [-0.39, 0.29) is 44.2 Å². The number of halogens is 4. The summed E-state index contributed by atoms with van der Waals surface area (Å²) < 4.78 is 39.4. The minimum atomic E-state index is -4.95. The molecule has 4 nitrogen and oxygen atoms in total. The number of hydrogen-bond acceptors (Lipinski definition) is 3. The minimum Gasteiger partial charge on any atom is -0.373 e. The van der Waals surface area contributed by atoms with Gasteiger partial charge >= 0.3 is 12.3 Å². The van der Waals surface area contributed by atoms with Crippen molar-refractivity contribution in [3.05, 3.63) is 35.9 Å². The van der Waals surface area contributed by atoms with Crippen LogP contribution in [0.4, 0.5) is 13.2 Å². The first-order valence-corrected chi connectivity index (χ1v) is 6.51. The Morgan fingerprint density at radius 1 is 1.09 bits per heavy atom. The second-order valence-electron chi connectivity index (χ2n) is 4.80. The van der Waals surface area contributed by atoms with Crippen LogP contribution in [0.1, 0.15) is 23.2 Å². The Kier molecular flexibility index (Phi) is 6.22. The van der Waals surface area contributed by atoms with Gasteiger partial charge in [-0.2, -0.15) is 0 Å². The van der Waals surface area contributed by atoms with Crippen molar-refractivity contribution in [2.24, 2.45) is 5.92 Å². The first-order chi connectivity index (χ1) is 9.87. The highest BCUT2D eigenvalue weighted by Gasteiger charge is 2.38. The number of esters is 1. The lowest BCUT2D eigenvalue weighted by atomic mass is 9.96. The molecule has 1 aliphatic rings. The molecule has 1 heterocycles. The molecule has 0 saturated carbocycles. The molecule has 122 valence electrons. The molecule has 0 bridgehead atoms. The molecular formula is C14H15ClF3NO3. The number of likely N-dealkylation sites (tertiary alicyclic amines) is 1. The number of carbonyl (C=O) groups is 2. The van der Waals surface area contributed by atoms with Crippen LogP contribution >= 0.6 is 12.4 Å². The second-order valence-corrected chi connectivity index (χ2v) is 4.80. The first kappa shape index (κ1) is 18.3. The monoisotopic (exact) mass is 337 g/mol. The third kappa shape index (κ3) is 4.91. The number of nitrogens with zero attached hydrogens (tertiary/aromatic N) is 1. The largest absolute Gasteiger partial charge is 0.575 e. The number of benzene rings is 1. The first-order valence-electron chi connectivity index (χ1n) is 6.51. The Balaban J connectivity index is 0.00000242. The maximum absolute atomic E-state index is 12.1. The van der Waals surface area contributed by atoms with E-state index in [1.54, 1.807) is 30.3 Å². The fourth-order valence-corrected chi connectivity index (χ4v) is 2.28. The van der Waals surface area contributed by atoms with E-state index >= 15 is 0 Å². The van der Waals surface area contributed by atoms with Crippen molar-refractivity contribution in [3.63, 3.8) is 0 Å². The van der Waals surface area contributed by atoms with Gasteiger partial charge in [-0.15, -0.1) is 25.6 Å². The third-order valence-corrected chi connectivity index (χ3v) is 3.35. The van der Waals surface area contributed by atoms with Gasteiger partial charge in [-0.25, -0.2) is 0 Å². The van der Waals surface area contributed by atoms with Gasteiger partial charge in [0.05, 0.1) is 5.92 Å². The highest BCUT2D eigenvalue weighted by molar-refractivity contribution is 5.94. The van der Waals surface area contributed by atoms with Gasteiger partial charge in [-0.1, -0.05) is 18.2 Å². The molecule has 2 rings (SSSR count). The zero-order chi connectivity index (χ0) is 15.5. The molecule has 0 radical (unpaired) electrons. The molecule has 1 aliphatic heterocycles. The van der Waals surface area contributed by atoms with Crippen LogP contribution in [0, 0.1) is 5.92 Å². The summed E-state index contributed by atoms with van der Waals surface area (Å²) in [5.74, 6) is -2.26. The summed E-state index contributed by atoms with van der Waals surface area (Å²) in [5.41, 5.74) is 0.522. The lowest BCUT2D eigenvalue weighted by Gasteiger charge is -2.31. The maximum atomic E-state index is 12.1. The lowest BCUT2D eigenvalue weighted by Crippen LogP contribution is -2.41. The van der Waals surface area contributed by atoms with E-state index in [2.05, 4.69) is 4.74 Å². The SMILES string of the molecule is Cl.O=C(OC(F)(F)F)C1CCN(C(=O)c2ccccc2)CC1. The van der Waals surface area contributed by atoms with Gasteiger partial charge in [0.1, 0.15) is 0 Å². The topological polar surface area (TPSA) is 46.6 Å². The van der Waals surface area contributed by atoms with Crippen LogP contribution < -0.4 is 0 Å². The van der Waals surface area contributed by atoms with Crippen LogP contribution in [-0.4, -0.2) is 36.2 Å². The van der Waals surface area contributed by atoms with Crippen molar-refractivity contribution in [3.8, 4) is 0 Å². The van der Waals surface area contributed by atoms with Crippen molar-refractivity contribution >= 4 is 24.3 Å². The zero-order valence-electron chi connectivity index (χ0n) is 11.5. The van der Waals surface area contributed by atoms with E-state index in [1.165, 1.54) is 4.90 Å². The summed E-state index contributed by atoms with van der Waals surface area (Å²) in [5, 5.41) is 0. The van der Waals surface area contributed by atoms with E-state index in [0.717, 1.165) is 0 Å². The summed E-state index contributed by atoms with van der Waals surface area (Å²) >= 11 is 0. The van der Waals surface area contributed by atoms with Crippen LogP contribution in [-0.2, 0) is 9.53 Å². The molecule has 1 aromatic rings. The van der Waals surface area contributed by atoms with Crippen LogP contribution in [0.3, 0.4) is 0 Å². The van der Waals surface area contributed by atoms with E-state index in [9.17, 15) is 22.8 Å². The molecular weight excluding hydrogens is 323 g/mol. The summed E-state index contributed by atoms with van der Waals surface area (Å²) in [7, 11) is 0. The average molecular weight is 338 g/mol. The fourth-order valence-electron chi connectivity index (χ4n) is 2.28. The van der Waals surface area contributed by atoms with Gasteiger partial charge in [0.2, 0.25) is 0 Å². The normalized spacial score (nSPS) is 15.9. The standard InChI is InChI=1S/C14H14F3NO3.ClH/c15-14(16,17)21-13(20)11-6-8-18(9-7-11)12(19)10-4-2-1-3-5-10;/h1-5,11H,6-9H2;1H. The smallest absolute Gasteiger partial charge is 0.373 e. The third-order valence-electron chi connectivity index (χ3n) is 3.35. The number of carbonyl (C=O) groups excluding carboxylic acids is 2. The summed E-state index contributed by atoms with van der Waals surface area (Å²) in [4.78, 5) is 25.0. The molecule has 0 atom stereocenters. The van der Waals surface area contributed by atoms with Crippen LogP contribution in [0.25, 0.3) is 0 Å². The van der Waals surface area contributed by atoms with Crippen molar-refractivity contribution in [2.45, 2.75) is 19.2 Å². The second kappa shape index (κ2) is 7.49. The number of amides is 1. The van der Waals surface area contributed by atoms with Crippen molar-refractivity contribution < 1.29 is 27.5 Å². The molecule has 22 heavy (non-hydrogen) atoms. The summed E-state index contributed by atoms with van der Waals surface area (Å²) in [6.07, 6.45) is -4.60. The van der Waals surface area contributed by atoms with Gasteiger partial charge in [-0.3, -0.25) is 9.59 Å². The Labute approximate surface area is 131 Å². The van der Waals surface area contributed by atoms with Gasteiger partial charge < -0.3 is 9.64 Å². The van der Waals surface area contributed by atoms with E-state index in [0.29, 0.717) is 5.56 Å². The number of rotatable bonds is 2. The number of ether oxygens (including phenoxy) is 1. The van der Waals surface area contributed by atoms with E-state index < -0.39 is 18.2 Å². The summed E-state index contributed by atoms with van der Waals surface area (Å²) in [6.45, 7) is 0.483. The van der Waals surface area contributed by atoms with E-state index in [1.807, 2.05) is 0 Å². The molecule has 0 aliphatic carbocycles. The number of alkyl halides is 3. The lowest BCUT2D eigenvalue weighted by molar-refractivity contribution is -0.308. The van der Waals surface area contributed by atoms with E-state index in [4.69, 9.17) is 0 Å². The predicted octanol–water partition coefficient (Wildman–Crippen LogP) is 3.02. The van der Waals surface area contributed by atoms with Crippen molar-refractivity contribution in [1.29, 1.82) is 0 Å². The quantitative estimate of drug-likeness (QED) is 0.779. The maximum Gasteiger partial charge on any atom is 0.575 e. The Morgan fingerprint density at radius 3 is 2.14 bits per heavy atom. The Hall–Kier alpha value is -1.76. The number of hydrogen-bond donors (Lipinski definition) is 0. The molecule has 8 heteroatoms. The van der Waals surface area contributed by atoms with Crippen molar-refractivity contribution in [2.75, 3.05) is 13.1 Å². The molecule has 1 saturated heterocycles. The molecule has 1 amide bonds.